The number of halogens is 1. The van der Waals surface area contributed by atoms with E-state index in [2.05, 4.69) is 44.1 Å². The summed E-state index contributed by atoms with van der Waals surface area (Å²) in [7, 11) is 0. The lowest BCUT2D eigenvalue weighted by molar-refractivity contribution is 0.935. The predicted molar refractivity (Wildman–Crippen MR) is 66.2 cm³/mol. The molecule has 3 nitrogen and oxygen atoms in total. The van der Waals surface area contributed by atoms with Gasteiger partial charge in [0.15, 0.2) is 5.82 Å². The lowest BCUT2D eigenvalue weighted by Gasteiger charge is -1.99. The van der Waals surface area contributed by atoms with Gasteiger partial charge < -0.3 is 0 Å². The number of nitrogens with one attached hydrogen (secondary N) is 1. The Kier molecular flexibility index (Phi) is 2.32. The van der Waals surface area contributed by atoms with Crippen LogP contribution in [0.15, 0.2) is 22.7 Å². The first-order valence-corrected chi connectivity index (χ1v) is 6.22. The van der Waals surface area contributed by atoms with E-state index in [-0.39, 0.29) is 0 Å². The van der Waals surface area contributed by atoms with Crippen molar-refractivity contribution in [3.8, 4) is 11.4 Å². The van der Waals surface area contributed by atoms with E-state index in [4.69, 9.17) is 0 Å². The van der Waals surface area contributed by atoms with Crippen LogP contribution in [0.4, 0.5) is 0 Å². The van der Waals surface area contributed by atoms with Crippen molar-refractivity contribution in [3.63, 3.8) is 0 Å². The van der Waals surface area contributed by atoms with Gasteiger partial charge in [-0.05, 0) is 43.5 Å². The third-order valence-electron chi connectivity index (χ3n) is 2.88. The zero-order valence-electron chi connectivity index (χ0n) is 9.00. The van der Waals surface area contributed by atoms with Gasteiger partial charge in [0.1, 0.15) is 5.82 Å². The molecule has 16 heavy (non-hydrogen) atoms. The van der Waals surface area contributed by atoms with Crippen molar-refractivity contribution in [2.24, 2.45) is 0 Å². The molecular weight excluding hydrogens is 266 g/mol. The van der Waals surface area contributed by atoms with Gasteiger partial charge in [0.25, 0.3) is 0 Å². The highest BCUT2D eigenvalue weighted by molar-refractivity contribution is 9.10. The third kappa shape index (κ3) is 1.78. The van der Waals surface area contributed by atoms with Crippen molar-refractivity contribution in [2.75, 3.05) is 0 Å². The molecule has 1 aliphatic rings. The maximum absolute atomic E-state index is 4.53. The van der Waals surface area contributed by atoms with Crippen molar-refractivity contribution in [3.05, 3.63) is 34.1 Å². The van der Waals surface area contributed by atoms with E-state index >= 15 is 0 Å². The lowest BCUT2D eigenvalue weighted by Crippen LogP contribution is -1.84. The van der Waals surface area contributed by atoms with E-state index in [0.29, 0.717) is 5.92 Å². The van der Waals surface area contributed by atoms with Crippen molar-refractivity contribution in [2.45, 2.75) is 25.7 Å². The van der Waals surface area contributed by atoms with Gasteiger partial charge in [0.05, 0.1) is 0 Å². The zero-order valence-corrected chi connectivity index (χ0v) is 10.6. The molecule has 2 aromatic rings. The molecule has 0 amide bonds. The van der Waals surface area contributed by atoms with Crippen LogP contribution in [0.25, 0.3) is 11.4 Å². The SMILES string of the molecule is Cc1cc(-c2n[nH]c(C3CC3)n2)ccc1Br. The number of hydrogen-bond acceptors (Lipinski definition) is 2. The summed E-state index contributed by atoms with van der Waals surface area (Å²) in [4.78, 5) is 4.53. The molecule has 3 rings (SSSR count). The highest BCUT2D eigenvalue weighted by atomic mass is 79.9. The first kappa shape index (κ1) is 10.0. The van der Waals surface area contributed by atoms with Crippen molar-refractivity contribution in [1.82, 2.24) is 15.2 Å². The summed E-state index contributed by atoms with van der Waals surface area (Å²) in [6, 6.07) is 6.18. The Morgan fingerprint density at radius 3 is 2.88 bits per heavy atom. The molecule has 4 heteroatoms. The summed E-state index contributed by atoms with van der Waals surface area (Å²) in [6.45, 7) is 2.07. The number of rotatable bonds is 2. The van der Waals surface area contributed by atoms with E-state index in [0.717, 1.165) is 21.7 Å². The lowest BCUT2D eigenvalue weighted by atomic mass is 10.1. The monoisotopic (exact) mass is 277 g/mol. The molecule has 1 N–H and O–H groups in total. The van der Waals surface area contributed by atoms with Gasteiger partial charge in [-0.15, -0.1) is 0 Å². The summed E-state index contributed by atoms with van der Waals surface area (Å²) in [6.07, 6.45) is 2.49. The van der Waals surface area contributed by atoms with Gasteiger partial charge in [-0.25, -0.2) is 4.98 Å². The van der Waals surface area contributed by atoms with Crippen LogP contribution in [0.3, 0.4) is 0 Å². The van der Waals surface area contributed by atoms with E-state index in [1.54, 1.807) is 0 Å². The van der Waals surface area contributed by atoms with Crippen LogP contribution in [0.1, 0.15) is 30.1 Å². The molecule has 1 heterocycles. The second kappa shape index (κ2) is 3.70. The van der Waals surface area contributed by atoms with Crippen molar-refractivity contribution >= 4 is 15.9 Å². The van der Waals surface area contributed by atoms with Gasteiger partial charge in [-0.3, -0.25) is 5.10 Å². The Morgan fingerprint density at radius 1 is 1.38 bits per heavy atom. The normalized spacial score (nSPS) is 15.4. The molecule has 0 atom stereocenters. The highest BCUT2D eigenvalue weighted by Gasteiger charge is 2.27. The molecule has 0 unspecified atom stereocenters. The fourth-order valence-corrected chi connectivity index (χ4v) is 1.97. The third-order valence-corrected chi connectivity index (χ3v) is 3.77. The average molecular weight is 278 g/mol. The van der Waals surface area contributed by atoms with Gasteiger partial charge >= 0.3 is 0 Å². The Balaban J connectivity index is 1.97. The van der Waals surface area contributed by atoms with Crippen LogP contribution in [0, 0.1) is 6.92 Å². The smallest absolute Gasteiger partial charge is 0.181 e. The van der Waals surface area contributed by atoms with Gasteiger partial charge in [-0.1, -0.05) is 15.9 Å². The quantitative estimate of drug-likeness (QED) is 0.914. The minimum atomic E-state index is 0.623. The topological polar surface area (TPSA) is 41.6 Å². The van der Waals surface area contributed by atoms with Crippen LogP contribution >= 0.6 is 15.9 Å². The number of aromatic amines is 1. The number of aromatic nitrogens is 3. The standard InChI is InChI=1S/C12H12BrN3/c1-7-6-9(4-5-10(7)13)12-14-11(15-16-12)8-2-3-8/h4-6,8H,2-3H2,1H3,(H,14,15,16). The maximum atomic E-state index is 4.53. The van der Waals surface area contributed by atoms with Gasteiger partial charge in [0.2, 0.25) is 0 Å². The molecule has 0 spiro atoms. The van der Waals surface area contributed by atoms with Crippen molar-refractivity contribution < 1.29 is 0 Å². The van der Waals surface area contributed by atoms with E-state index in [1.165, 1.54) is 18.4 Å². The minimum absolute atomic E-state index is 0.623. The van der Waals surface area contributed by atoms with Crippen LogP contribution < -0.4 is 0 Å². The summed E-state index contributed by atoms with van der Waals surface area (Å²) < 4.78 is 1.12. The van der Waals surface area contributed by atoms with Crippen LogP contribution in [-0.4, -0.2) is 15.2 Å². The molecular formula is C12H12BrN3. The number of benzene rings is 1. The second-order valence-corrected chi connectivity index (χ2v) is 5.14. The second-order valence-electron chi connectivity index (χ2n) is 4.28. The summed E-state index contributed by atoms with van der Waals surface area (Å²) in [5, 5.41) is 7.29. The highest BCUT2D eigenvalue weighted by Crippen LogP contribution is 2.38. The average Bonchev–Trinajstić information content (AvgIpc) is 3.01. The summed E-state index contributed by atoms with van der Waals surface area (Å²) >= 11 is 3.49. The fourth-order valence-electron chi connectivity index (χ4n) is 1.73. The molecule has 1 aliphatic carbocycles. The number of H-pyrrole nitrogens is 1. The van der Waals surface area contributed by atoms with E-state index < -0.39 is 0 Å². The Morgan fingerprint density at radius 2 is 2.19 bits per heavy atom. The van der Waals surface area contributed by atoms with E-state index in [1.807, 2.05) is 12.1 Å². The minimum Gasteiger partial charge on any atom is -0.262 e. The fraction of sp³-hybridized carbons (Fsp3) is 0.333. The predicted octanol–water partition coefficient (Wildman–Crippen LogP) is 3.42. The number of hydrogen-bond donors (Lipinski definition) is 1. The summed E-state index contributed by atoms with van der Waals surface area (Å²) in [5.41, 5.74) is 2.28. The Labute approximate surface area is 102 Å². The zero-order chi connectivity index (χ0) is 11.1. The number of nitrogens with zero attached hydrogens (tertiary/aromatic N) is 2. The molecule has 1 saturated carbocycles. The molecule has 82 valence electrons. The van der Waals surface area contributed by atoms with Crippen molar-refractivity contribution in [1.29, 1.82) is 0 Å². The van der Waals surface area contributed by atoms with Gasteiger partial charge in [-0.2, -0.15) is 5.10 Å². The first-order valence-electron chi connectivity index (χ1n) is 5.43. The van der Waals surface area contributed by atoms with Crippen LogP contribution in [0.2, 0.25) is 0 Å². The Hall–Kier alpha value is -1.16. The molecule has 0 aliphatic heterocycles. The van der Waals surface area contributed by atoms with E-state index in [9.17, 15) is 0 Å². The molecule has 1 fully saturated rings. The Bertz CT molecular complexity index is 529. The van der Waals surface area contributed by atoms with Crippen LogP contribution in [0.5, 0.6) is 0 Å². The largest absolute Gasteiger partial charge is 0.262 e. The molecule has 1 aromatic heterocycles. The van der Waals surface area contributed by atoms with Crippen LogP contribution in [-0.2, 0) is 0 Å². The molecule has 1 aromatic carbocycles. The van der Waals surface area contributed by atoms with Gasteiger partial charge in [0, 0.05) is 16.0 Å². The summed E-state index contributed by atoms with van der Waals surface area (Å²) in [5.74, 6) is 2.46. The first-order chi connectivity index (χ1) is 7.74. The molecule has 0 bridgehead atoms. The molecule has 0 radical (unpaired) electrons. The number of aryl methyl sites for hydroxylation is 1. The molecule has 0 saturated heterocycles. The maximum Gasteiger partial charge on any atom is 0.181 e.